The van der Waals surface area contributed by atoms with Crippen LogP contribution in [0, 0.1) is 6.92 Å². The molecule has 2 aromatic heterocycles. The minimum atomic E-state index is 0.507. The normalized spacial score (nSPS) is 20.6. The summed E-state index contributed by atoms with van der Waals surface area (Å²) in [6.07, 6.45) is 2.68. The van der Waals surface area contributed by atoms with E-state index in [1.165, 1.54) is 0 Å². The Balaban J connectivity index is 2.08. The van der Waals surface area contributed by atoms with Gasteiger partial charge in [-0.05, 0) is 13.3 Å². The SMILES string of the molecule is CCC1CNCCN1c1cc(C)nc2ncnn12. The Morgan fingerprint density at radius 3 is 3.22 bits per heavy atom. The van der Waals surface area contributed by atoms with Crippen LogP contribution in [0.1, 0.15) is 19.0 Å². The zero-order valence-corrected chi connectivity index (χ0v) is 10.8. The second-order valence-corrected chi connectivity index (χ2v) is 4.69. The van der Waals surface area contributed by atoms with Gasteiger partial charge in [0.1, 0.15) is 12.1 Å². The number of nitrogens with zero attached hydrogens (tertiary/aromatic N) is 5. The molecule has 3 rings (SSSR count). The summed E-state index contributed by atoms with van der Waals surface area (Å²) in [4.78, 5) is 11.0. The fourth-order valence-corrected chi connectivity index (χ4v) is 2.54. The molecule has 0 spiro atoms. The Morgan fingerprint density at radius 2 is 2.39 bits per heavy atom. The summed E-state index contributed by atoms with van der Waals surface area (Å²) < 4.78 is 1.83. The Morgan fingerprint density at radius 1 is 1.50 bits per heavy atom. The zero-order valence-electron chi connectivity index (χ0n) is 10.8. The number of nitrogens with one attached hydrogen (secondary N) is 1. The third-order valence-electron chi connectivity index (χ3n) is 3.48. The van der Waals surface area contributed by atoms with Crippen molar-refractivity contribution >= 4 is 11.6 Å². The minimum Gasteiger partial charge on any atom is -0.351 e. The molecule has 0 amide bonds. The van der Waals surface area contributed by atoms with Crippen molar-refractivity contribution in [3.63, 3.8) is 0 Å². The molecule has 1 saturated heterocycles. The van der Waals surface area contributed by atoms with Crippen molar-refractivity contribution in [1.82, 2.24) is 24.9 Å². The van der Waals surface area contributed by atoms with E-state index in [0.29, 0.717) is 11.8 Å². The summed E-state index contributed by atoms with van der Waals surface area (Å²) in [7, 11) is 0. The third-order valence-corrected chi connectivity index (χ3v) is 3.48. The number of fused-ring (bicyclic) bond motifs is 1. The van der Waals surface area contributed by atoms with E-state index in [0.717, 1.165) is 37.6 Å². The molecule has 0 aliphatic carbocycles. The summed E-state index contributed by atoms with van der Waals surface area (Å²) in [5.41, 5.74) is 0.985. The van der Waals surface area contributed by atoms with E-state index in [4.69, 9.17) is 0 Å². The second kappa shape index (κ2) is 4.53. The average molecular weight is 246 g/mol. The molecule has 0 saturated carbocycles. The molecule has 0 radical (unpaired) electrons. The minimum absolute atomic E-state index is 0.507. The van der Waals surface area contributed by atoms with Gasteiger partial charge < -0.3 is 10.2 Å². The Bertz CT molecular complexity index is 548. The molecular weight excluding hydrogens is 228 g/mol. The molecule has 1 aliphatic rings. The predicted octanol–water partition coefficient (Wildman–Crippen LogP) is 0.621. The maximum atomic E-state index is 4.39. The smallest absolute Gasteiger partial charge is 0.254 e. The van der Waals surface area contributed by atoms with Gasteiger partial charge in [0.2, 0.25) is 0 Å². The lowest BCUT2D eigenvalue weighted by molar-refractivity contribution is 0.460. The van der Waals surface area contributed by atoms with E-state index in [9.17, 15) is 0 Å². The van der Waals surface area contributed by atoms with Crippen molar-refractivity contribution in [2.75, 3.05) is 24.5 Å². The molecule has 1 unspecified atom stereocenters. The third kappa shape index (κ3) is 1.82. The molecule has 1 atom stereocenters. The fourth-order valence-electron chi connectivity index (χ4n) is 2.54. The lowest BCUT2D eigenvalue weighted by Gasteiger charge is -2.37. The van der Waals surface area contributed by atoms with Gasteiger partial charge in [-0.1, -0.05) is 6.92 Å². The predicted molar refractivity (Wildman–Crippen MR) is 69.8 cm³/mol. The molecule has 2 aromatic rings. The van der Waals surface area contributed by atoms with Gasteiger partial charge in [-0.3, -0.25) is 0 Å². The van der Waals surface area contributed by atoms with Crippen molar-refractivity contribution in [3.8, 4) is 0 Å². The Labute approximate surface area is 106 Å². The fraction of sp³-hybridized carbons (Fsp3) is 0.583. The van der Waals surface area contributed by atoms with Crippen LogP contribution in [-0.4, -0.2) is 45.3 Å². The summed E-state index contributed by atoms with van der Waals surface area (Å²) in [6, 6.07) is 2.60. The van der Waals surface area contributed by atoms with Crippen molar-refractivity contribution in [1.29, 1.82) is 0 Å². The second-order valence-electron chi connectivity index (χ2n) is 4.69. The first-order valence-corrected chi connectivity index (χ1v) is 6.44. The van der Waals surface area contributed by atoms with Crippen LogP contribution >= 0.6 is 0 Å². The standard InChI is InChI=1S/C12H18N6/c1-3-10-7-13-4-5-17(10)11-6-9(2)16-12-14-8-15-18(11)12/h6,8,10,13H,3-5,7H2,1-2H3. The topological polar surface area (TPSA) is 58.3 Å². The summed E-state index contributed by atoms with van der Waals surface area (Å²) in [6.45, 7) is 7.25. The number of aryl methyl sites for hydroxylation is 1. The number of hydrogen-bond acceptors (Lipinski definition) is 5. The maximum absolute atomic E-state index is 4.39. The van der Waals surface area contributed by atoms with Gasteiger partial charge >= 0.3 is 0 Å². The van der Waals surface area contributed by atoms with E-state index in [2.05, 4.69) is 38.3 Å². The molecular formula is C12H18N6. The van der Waals surface area contributed by atoms with Crippen LogP contribution < -0.4 is 10.2 Å². The molecule has 18 heavy (non-hydrogen) atoms. The number of rotatable bonds is 2. The summed E-state index contributed by atoms with van der Waals surface area (Å²) in [5, 5.41) is 7.72. The highest BCUT2D eigenvalue weighted by molar-refractivity contribution is 5.48. The zero-order chi connectivity index (χ0) is 12.5. The van der Waals surface area contributed by atoms with Crippen molar-refractivity contribution in [2.45, 2.75) is 26.3 Å². The van der Waals surface area contributed by atoms with Crippen LogP contribution in [0.5, 0.6) is 0 Å². The largest absolute Gasteiger partial charge is 0.351 e. The molecule has 96 valence electrons. The van der Waals surface area contributed by atoms with E-state index < -0.39 is 0 Å². The first-order chi connectivity index (χ1) is 8.79. The van der Waals surface area contributed by atoms with Gasteiger partial charge in [-0.25, -0.2) is 4.98 Å². The molecule has 0 aromatic carbocycles. The average Bonchev–Trinajstić information content (AvgIpc) is 2.85. The first-order valence-electron chi connectivity index (χ1n) is 6.44. The quantitative estimate of drug-likeness (QED) is 0.842. The van der Waals surface area contributed by atoms with Crippen LogP contribution in [0.4, 0.5) is 5.82 Å². The van der Waals surface area contributed by atoms with Gasteiger partial charge in [0.25, 0.3) is 5.78 Å². The number of anilines is 1. The Hall–Kier alpha value is -1.69. The van der Waals surface area contributed by atoms with Crippen LogP contribution in [0.25, 0.3) is 5.78 Å². The van der Waals surface area contributed by atoms with Crippen LogP contribution in [0.15, 0.2) is 12.4 Å². The molecule has 1 N–H and O–H groups in total. The highest BCUT2D eigenvalue weighted by Gasteiger charge is 2.23. The highest BCUT2D eigenvalue weighted by atomic mass is 15.4. The summed E-state index contributed by atoms with van der Waals surface area (Å²) >= 11 is 0. The van der Waals surface area contributed by atoms with Gasteiger partial charge in [-0.2, -0.15) is 14.6 Å². The van der Waals surface area contributed by atoms with Gasteiger partial charge in [0.05, 0.1) is 0 Å². The lowest BCUT2D eigenvalue weighted by Crippen LogP contribution is -2.51. The first kappa shape index (κ1) is 11.4. The van der Waals surface area contributed by atoms with Gasteiger partial charge in [0.15, 0.2) is 0 Å². The monoisotopic (exact) mass is 246 g/mol. The highest BCUT2D eigenvalue weighted by Crippen LogP contribution is 2.20. The van der Waals surface area contributed by atoms with Crippen LogP contribution in [-0.2, 0) is 0 Å². The van der Waals surface area contributed by atoms with Gasteiger partial charge in [0, 0.05) is 37.4 Å². The number of aromatic nitrogens is 4. The van der Waals surface area contributed by atoms with Crippen molar-refractivity contribution in [3.05, 3.63) is 18.1 Å². The molecule has 1 fully saturated rings. The van der Waals surface area contributed by atoms with E-state index in [1.54, 1.807) is 6.33 Å². The lowest BCUT2D eigenvalue weighted by atomic mass is 10.1. The Kier molecular flexibility index (Phi) is 2.87. The van der Waals surface area contributed by atoms with Crippen LogP contribution in [0.2, 0.25) is 0 Å². The number of hydrogen-bond donors (Lipinski definition) is 1. The van der Waals surface area contributed by atoms with E-state index >= 15 is 0 Å². The van der Waals surface area contributed by atoms with E-state index in [-0.39, 0.29) is 0 Å². The molecule has 1 aliphatic heterocycles. The van der Waals surface area contributed by atoms with Crippen molar-refractivity contribution < 1.29 is 0 Å². The van der Waals surface area contributed by atoms with E-state index in [1.807, 2.05) is 11.4 Å². The van der Waals surface area contributed by atoms with Gasteiger partial charge in [-0.15, -0.1) is 0 Å². The van der Waals surface area contributed by atoms with Crippen molar-refractivity contribution in [2.24, 2.45) is 0 Å². The number of piperazine rings is 1. The van der Waals surface area contributed by atoms with Crippen LogP contribution in [0.3, 0.4) is 0 Å². The molecule has 0 bridgehead atoms. The maximum Gasteiger partial charge on any atom is 0.254 e. The summed E-state index contributed by atoms with van der Waals surface area (Å²) in [5.74, 6) is 1.78. The molecule has 6 heteroatoms. The molecule has 3 heterocycles. The molecule has 6 nitrogen and oxygen atoms in total.